The Hall–Kier alpha value is -1.94. The molecule has 4 nitrogen and oxygen atoms in total. The zero-order valence-corrected chi connectivity index (χ0v) is 10.7. The molecule has 0 aliphatic carbocycles. The van der Waals surface area contributed by atoms with E-state index in [0.717, 1.165) is 30.4 Å². The van der Waals surface area contributed by atoms with Gasteiger partial charge in [-0.1, -0.05) is 36.4 Å². The fourth-order valence-electron chi connectivity index (χ4n) is 2.42. The summed E-state index contributed by atoms with van der Waals surface area (Å²) in [4.78, 5) is 24.1. The second kappa shape index (κ2) is 6.29. The van der Waals surface area contributed by atoms with Crippen molar-refractivity contribution in [1.29, 1.82) is 0 Å². The van der Waals surface area contributed by atoms with Gasteiger partial charge in [0.2, 0.25) is 0 Å². The highest BCUT2D eigenvalue weighted by atomic mass is 16.4. The van der Waals surface area contributed by atoms with Crippen molar-refractivity contribution in [2.75, 3.05) is 13.1 Å². The summed E-state index contributed by atoms with van der Waals surface area (Å²) in [7, 11) is 0. The molecule has 0 saturated carbocycles. The predicted molar refractivity (Wildman–Crippen MR) is 71.8 cm³/mol. The molecule has 1 aliphatic rings. The minimum Gasteiger partial charge on any atom is -0.481 e. The molecule has 1 aromatic rings. The van der Waals surface area contributed by atoms with Crippen molar-refractivity contribution in [3.63, 3.8) is 0 Å². The Kier molecular flexibility index (Phi) is 4.47. The highest BCUT2D eigenvalue weighted by molar-refractivity contribution is 5.70. The second-order valence-electron chi connectivity index (χ2n) is 4.68. The Bertz CT molecular complexity index is 481. The summed E-state index contributed by atoms with van der Waals surface area (Å²) in [6.07, 6.45) is 3.74. The number of carboxylic acid groups (broad SMARTS) is 1. The van der Waals surface area contributed by atoms with Gasteiger partial charge >= 0.3 is 5.97 Å². The Morgan fingerprint density at radius 3 is 2.74 bits per heavy atom. The van der Waals surface area contributed by atoms with E-state index in [1.165, 1.54) is 0 Å². The van der Waals surface area contributed by atoms with Crippen LogP contribution in [0.5, 0.6) is 0 Å². The molecular formula is C15H17NO3. The predicted octanol–water partition coefficient (Wildman–Crippen LogP) is 2.03. The summed E-state index contributed by atoms with van der Waals surface area (Å²) < 4.78 is 0. The fraction of sp³-hybridized carbons (Fsp3) is 0.333. The van der Waals surface area contributed by atoms with E-state index in [0.29, 0.717) is 6.54 Å². The second-order valence-corrected chi connectivity index (χ2v) is 4.68. The monoisotopic (exact) mass is 259 g/mol. The lowest BCUT2D eigenvalue weighted by Crippen LogP contribution is -2.35. The van der Waals surface area contributed by atoms with Crippen molar-refractivity contribution in [3.05, 3.63) is 47.5 Å². The van der Waals surface area contributed by atoms with E-state index >= 15 is 0 Å². The van der Waals surface area contributed by atoms with Crippen molar-refractivity contribution in [2.24, 2.45) is 0 Å². The van der Waals surface area contributed by atoms with E-state index in [9.17, 15) is 9.59 Å². The number of carbonyl (C=O) groups is 2. The van der Waals surface area contributed by atoms with Gasteiger partial charge in [0.25, 0.3) is 0 Å². The molecule has 1 heterocycles. The highest BCUT2D eigenvalue weighted by Gasteiger charge is 2.23. The average molecular weight is 259 g/mol. The first-order valence-electron chi connectivity index (χ1n) is 6.34. The van der Waals surface area contributed by atoms with Gasteiger partial charge in [-0.05, 0) is 17.6 Å². The number of nitrogens with zero attached hydrogens (tertiary/aromatic N) is 1. The lowest BCUT2D eigenvalue weighted by molar-refractivity contribution is -0.136. The Labute approximate surface area is 112 Å². The maximum Gasteiger partial charge on any atom is 0.307 e. The molecule has 0 spiro atoms. The summed E-state index contributed by atoms with van der Waals surface area (Å²) in [5.74, 6) is -0.824. The smallest absolute Gasteiger partial charge is 0.307 e. The lowest BCUT2D eigenvalue weighted by Gasteiger charge is -2.31. The van der Waals surface area contributed by atoms with Gasteiger partial charge in [0.15, 0.2) is 0 Å². The van der Waals surface area contributed by atoms with Crippen molar-refractivity contribution < 1.29 is 14.7 Å². The van der Waals surface area contributed by atoms with E-state index in [2.05, 4.69) is 0 Å². The number of benzene rings is 1. The maximum atomic E-state index is 11.4. The van der Waals surface area contributed by atoms with Crippen LogP contribution >= 0.6 is 0 Å². The summed E-state index contributed by atoms with van der Waals surface area (Å²) in [6, 6.07) is 9.28. The molecular weight excluding hydrogens is 242 g/mol. The molecule has 4 heteroatoms. The Balaban J connectivity index is 2.11. The minimum atomic E-state index is -0.824. The van der Waals surface area contributed by atoms with Crippen LogP contribution in [0.4, 0.5) is 0 Å². The third kappa shape index (κ3) is 3.51. The zero-order valence-electron chi connectivity index (χ0n) is 10.7. The lowest BCUT2D eigenvalue weighted by atomic mass is 10.0. The van der Waals surface area contributed by atoms with E-state index in [-0.39, 0.29) is 12.5 Å². The Morgan fingerprint density at radius 1 is 1.37 bits per heavy atom. The molecule has 2 rings (SSSR count). The molecule has 19 heavy (non-hydrogen) atoms. The van der Waals surface area contributed by atoms with E-state index in [4.69, 9.17) is 5.11 Å². The summed E-state index contributed by atoms with van der Waals surface area (Å²) in [5, 5.41) is 8.84. The summed E-state index contributed by atoms with van der Waals surface area (Å²) in [6.45, 7) is 1.33. The number of carbonyl (C=O) groups excluding carboxylic acids is 1. The minimum absolute atomic E-state index is 0.0524. The van der Waals surface area contributed by atoms with Crippen LogP contribution in [0.15, 0.2) is 42.0 Å². The molecule has 1 aromatic carbocycles. The van der Waals surface area contributed by atoms with Crippen LogP contribution in [0.1, 0.15) is 24.4 Å². The highest BCUT2D eigenvalue weighted by Crippen LogP contribution is 2.23. The quantitative estimate of drug-likeness (QED) is 0.649. The van der Waals surface area contributed by atoms with Crippen molar-refractivity contribution >= 4 is 12.3 Å². The standard InChI is InChI=1S/C15H17NO3/c17-11-14(13-6-2-1-3-7-13)16-8-4-5-12(10-16)9-15(18)19/h1-3,5-7,11,14H,4,8-10H2,(H,18,19). The average Bonchev–Trinajstić information content (AvgIpc) is 2.40. The summed E-state index contributed by atoms with van der Waals surface area (Å²) in [5.41, 5.74) is 1.83. The molecule has 0 amide bonds. The van der Waals surface area contributed by atoms with Gasteiger partial charge in [0, 0.05) is 13.1 Å². The largest absolute Gasteiger partial charge is 0.481 e. The molecule has 0 radical (unpaired) electrons. The topological polar surface area (TPSA) is 57.6 Å². The van der Waals surface area contributed by atoms with Gasteiger partial charge in [-0.25, -0.2) is 0 Å². The van der Waals surface area contributed by atoms with Crippen molar-refractivity contribution in [3.8, 4) is 0 Å². The molecule has 0 fully saturated rings. The van der Waals surface area contributed by atoms with Crippen LogP contribution in [-0.4, -0.2) is 35.4 Å². The molecule has 1 atom stereocenters. The van der Waals surface area contributed by atoms with Crippen LogP contribution in [0.2, 0.25) is 0 Å². The first-order chi connectivity index (χ1) is 9.20. The molecule has 1 N–H and O–H groups in total. The third-order valence-corrected chi connectivity index (χ3v) is 3.30. The summed E-state index contributed by atoms with van der Waals surface area (Å²) >= 11 is 0. The van der Waals surface area contributed by atoms with Crippen molar-refractivity contribution in [1.82, 2.24) is 4.90 Å². The van der Waals surface area contributed by atoms with E-state index in [1.807, 2.05) is 41.3 Å². The third-order valence-electron chi connectivity index (χ3n) is 3.30. The van der Waals surface area contributed by atoms with Crippen molar-refractivity contribution in [2.45, 2.75) is 18.9 Å². The fourth-order valence-corrected chi connectivity index (χ4v) is 2.42. The number of aldehydes is 1. The van der Waals surface area contributed by atoms with Gasteiger partial charge in [0.1, 0.15) is 6.29 Å². The first-order valence-corrected chi connectivity index (χ1v) is 6.34. The number of carboxylic acids is 1. The van der Waals surface area contributed by atoms with E-state index < -0.39 is 5.97 Å². The number of hydrogen-bond acceptors (Lipinski definition) is 3. The van der Waals surface area contributed by atoms with Gasteiger partial charge in [0.05, 0.1) is 12.5 Å². The van der Waals surface area contributed by atoms with Gasteiger partial charge in [-0.2, -0.15) is 0 Å². The van der Waals surface area contributed by atoms with Gasteiger partial charge < -0.3 is 9.90 Å². The number of rotatable bonds is 5. The van der Waals surface area contributed by atoms with Crippen LogP contribution < -0.4 is 0 Å². The molecule has 0 bridgehead atoms. The molecule has 1 aliphatic heterocycles. The SMILES string of the molecule is O=CC(c1ccccc1)N1CCC=C(CC(=O)O)C1. The van der Waals surface area contributed by atoms with Crippen LogP contribution in [0.3, 0.4) is 0 Å². The van der Waals surface area contributed by atoms with Crippen LogP contribution in [0, 0.1) is 0 Å². The zero-order chi connectivity index (χ0) is 13.7. The first kappa shape index (κ1) is 13.5. The maximum absolute atomic E-state index is 11.4. The Morgan fingerprint density at radius 2 is 2.11 bits per heavy atom. The molecule has 0 aromatic heterocycles. The molecule has 1 unspecified atom stereocenters. The van der Waals surface area contributed by atoms with E-state index in [1.54, 1.807) is 0 Å². The van der Waals surface area contributed by atoms with Gasteiger partial charge in [-0.3, -0.25) is 9.69 Å². The molecule has 100 valence electrons. The number of aliphatic carboxylic acids is 1. The number of hydrogen-bond donors (Lipinski definition) is 1. The van der Waals surface area contributed by atoms with Crippen LogP contribution in [0.25, 0.3) is 0 Å². The normalized spacial score (nSPS) is 17.6. The van der Waals surface area contributed by atoms with Crippen LogP contribution in [-0.2, 0) is 9.59 Å². The van der Waals surface area contributed by atoms with Gasteiger partial charge in [-0.15, -0.1) is 0 Å². The molecule has 0 saturated heterocycles.